The average molecular weight is 594 g/mol. The summed E-state index contributed by atoms with van der Waals surface area (Å²) in [5.41, 5.74) is 6.22. The predicted molar refractivity (Wildman–Crippen MR) is 160 cm³/mol. The van der Waals surface area contributed by atoms with E-state index >= 15 is 0 Å². The fraction of sp³-hybridized carbons (Fsp3) is 0.200. The van der Waals surface area contributed by atoms with Crippen LogP contribution in [0.15, 0.2) is 115 Å². The molecule has 0 aromatic heterocycles. The van der Waals surface area contributed by atoms with Crippen molar-refractivity contribution in [2.45, 2.75) is 32.4 Å². The molecule has 2 bridgehead atoms. The third kappa shape index (κ3) is 4.67. The third-order valence-electron chi connectivity index (χ3n) is 7.52. The fourth-order valence-corrected chi connectivity index (χ4v) is 13.3. The Morgan fingerprint density at radius 3 is 1.85 bits per heavy atom. The molecule has 2 N–H and O–H groups in total. The van der Waals surface area contributed by atoms with Gasteiger partial charge in [-0.2, -0.15) is 0 Å². The van der Waals surface area contributed by atoms with Crippen molar-refractivity contribution in [2.75, 3.05) is 6.54 Å². The van der Waals surface area contributed by atoms with Gasteiger partial charge in [0.05, 0.1) is 0 Å². The number of fused-ring (bicyclic) bond motifs is 2. The second-order valence-corrected chi connectivity index (χ2v) is 15.5. The van der Waals surface area contributed by atoms with E-state index in [1.165, 1.54) is 4.90 Å². The van der Waals surface area contributed by atoms with E-state index in [1.54, 1.807) is 24.9 Å². The van der Waals surface area contributed by atoms with Gasteiger partial charge in [-0.3, -0.25) is 0 Å². The van der Waals surface area contributed by atoms with Gasteiger partial charge < -0.3 is 0 Å². The van der Waals surface area contributed by atoms with Crippen molar-refractivity contribution >= 4 is 45.1 Å². The third-order valence-corrected chi connectivity index (χ3v) is 14.7. The normalized spacial score (nSPS) is 20.1. The first-order valence-electron chi connectivity index (χ1n) is 13.2. The number of nitrogens with zero attached hydrogens (tertiary/aromatic N) is 2. The summed E-state index contributed by atoms with van der Waals surface area (Å²) in [7, 11) is -4.94. The van der Waals surface area contributed by atoms with Crippen LogP contribution in [0.3, 0.4) is 0 Å². The summed E-state index contributed by atoms with van der Waals surface area (Å²) in [6.45, 7) is -0.761. The number of nitrogens with two attached hydrogens (primary N) is 1. The Labute approximate surface area is 240 Å². The van der Waals surface area contributed by atoms with Gasteiger partial charge in [0, 0.05) is 0 Å². The van der Waals surface area contributed by atoms with Crippen LogP contribution in [-0.2, 0) is 23.4 Å². The van der Waals surface area contributed by atoms with E-state index in [2.05, 4.69) is 0 Å². The number of benzene rings is 3. The summed E-state index contributed by atoms with van der Waals surface area (Å²) in [5, 5.41) is 2.63. The number of allylic oxidation sites excluding steroid dienone is 1. The molecular formula is C30H32N3O6PS. The summed E-state index contributed by atoms with van der Waals surface area (Å²) in [5.74, 6) is 1.11. The molecular weight excluding hydrogens is 561 g/mol. The Balaban J connectivity index is 1.69. The molecule has 2 aliphatic heterocycles. The van der Waals surface area contributed by atoms with Crippen LogP contribution in [0.4, 0.5) is 4.79 Å². The quantitative estimate of drug-likeness (QED) is 0.284. The van der Waals surface area contributed by atoms with Crippen LogP contribution in [0.25, 0.3) is 0 Å². The van der Waals surface area contributed by atoms with Gasteiger partial charge in [0.15, 0.2) is 0 Å². The van der Waals surface area contributed by atoms with Crippen LogP contribution >= 0.6 is 6.83 Å². The van der Waals surface area contributed by atoms with Crippen LogP contribution in [0.1, 0.15) is 20.3 Å². The number of primary amides is 1. The Bertz CT molecular complexity index is 1510. The summed E-state index contributed by atoms with van der Waals surface area (Å²) in [6, 6.07) is 25.0. The van der Waals surface area contributed by atoms with Crippen molar-refractivity contribution in [3.8, 4) is 0 Å². The summed E-state index contributed by atoms with van der Waals surface area (Å²) >= 11 is 0. The van der Waals surface area contributed by atoms with Gasteiger partial charge in [-0.25, -0.2) is 0 Å². The molecule has 1 fully saturated rings. The van der Waals surface area contributed by atoms with E-state index < -0.39 is 41.3 Å². The van der Waals surface area contributed by atoms with E-state index in [4.69, 9.17) is 14.0 Å². The number of urea groups is 1. The SMILES string of the molecule is C/C=C/P(OS(=O)(=O)ON1C(=O)N2C[C@H]1C=C(CC)[C@H]2C(N)=O)(c1ccccc1)(c1ccccc1)c1ccccc1. The Morgan fingerprint density at radius 1 is 0.951 bits per heavy atom. The van der Waals surface area contributed by atoms with Crippen molar-refractivity contribution in [1.82, 2.24) is 9.96 Å². The van der Waals surface area contributed by atoms with Gasteiger partial charge in [-0.05, 0) is 0 Å². The molecule has 0 saturated carbocycles. The van der Waals surface area contributed by atoms with E-state index in [0.717, 1.165) is 5.06 Å². The summed E-state index contributed by atoms with van der Waals surface area (Å²) < 4.78 is 40.3. The number of hydrogen-bond acceptors (Lipinski definition) is 6. The molecule has 5 rings (SSSR count). The molecule has 2 heterocycles. The zero-order valence-corrected chi connectivity index (χ0v) is 24.4. The zero-order valence-electron chi connectivity index (χ0n) is 22.7. The molecule has 0 spiro atoms. The standard InChI is InChI=1S/C30H32N3O6PS/c1-3-20-40(25-14-8-5-9-15-25,26-16-10-6-11-17-26,27-18-12-7-13-19-27)39-41(36,37)38-33-24-21-23(4-2)28(29(31)34)32(22-24)30(33)35/h3,5-21,24,28H,4,22H2,1-2H3,(H2,31,34)/b20-3+/t24-,28+/m1/s1. The molecule has 3 aromatic carbocycles. The van der Waals surface area contributed by atoms with Crippen LogP contribution in [0.5, 0.6) is 0 Å². The van der Waals surface area contributed by atoms with Gasteiger partial charge in [0.2, 0.25) is 0 Å². The monoisotopic (exact) mass is 593 g/mol. The van der Waals surface area contributed by atoms with Crippen LogP contribution in [0.2, 0.25) is 0 Å². The van der Waals surface area contributed by atoms with E-state index in [0.29, 0.717) is 27.9 Å². The van der Waals surface area contributed by atoms with Gasteiger partial charge in [-0.1, -0.05) is 0 Å². The number of hydrogen-bond donors (Lipinski definition) is 1. The second kappa shape index (κ2) is 10.9. The van der Waals surface area contributed by atoms with Gasteiger partial charge in [0.25, 0.3) is 0 Å². The van der Waals surface area contributed by atoms with Crippen molar-refractivity contribution < 1.29 is 26.3 Å². The van der Waals surface area contributed by atoms with Crippen LogP contribution < -0.4 is 21.6 Å². The maximum absolute atomic E-state index is 14.1. The van der Waals surface area contributed by atoms with Crippen molar-refractivity contribution in [1.29, 1.82) is 0 Å². The van der Waals surface area contributed by atoms with Crippen LogP contribution in [0, 0.1) is 0 Å². The molecule has 9 nitrogen and oxygen atoms in total. The molecule has 1 saturated heterocycles. The first-order chi connectivity index (χ1) is 19.7. The Kier molecular flexibility index (Phi) is 7.61. The number of carbonyl (C=O) groups is 2. The number of amides is 3. The zero-order chi connectivity index (χ0) is 29.3. The molecule has 11 heteroatoms. The topological polar surface area (TPSA) is 119 Å². The predicted octanol–water partition coefficient (Wildman–Crippen LogP) is 3.47. The molecule has 3 amide bonds. The molecule has 214 valence electrons. The maximum atomic E-state index is 14.1. The van der Waals surface area contributed by atoms with Crippen molar-refractivity contribution in [3.05, 3.63) is 115 Å². The van der Waals surface area contributed by atoms with E-state index in [-0.39, 0.29) is 6.54 Å². The summed E-state index contributed by atoms with van der Waals surface area (Å²) in [6.07, 6.45) is 3.90. The average Bonchev–Trinajstić information content (AvgIpc) is 3.21. The minimum atomic E-state index is -4.94. The molecule has 0 unspecified atom stereocenters. The molecule has 3 aromatic rings. The fourth-order valence-electron chi connectivity index (χ4n) is 5.85. The van der Waals surface area contributed by atoms with Gasteiger partial charge in [-0.15, -0.1) is 0 Å². The number of rotatable bonds is 10. The first kappa shape index (κ1) is 28.7. The van der Waals surface area contributed by atoms with Crippen molar-refractivity contribution in [2.24, 2.45) is 5.73 Å². The molecule has 41 heavy (non-hydrogen) atoms. The summed E-state index contributed by atoms with van der Waals surface area (Å²) in [4.78, 5) is 26.8. The molecule has 2 aliphatic rings. The van der Waals surface area contributed by atoms with E-state index in [9.17, 15) is 18.0 Å². The minimum absolute atomic E-state index is 0.0555. The molecule has 0 aliphatic carbocycles. The number of carbonyl (C=O) groups excluding carboxylic acids is 2. The number of hydroxylamine groups is 2. The van der Waals surface area contributed by atoms with Crippen molar-refractivity contribution in [3.63, 3.8) is 0 Å². The van der Waals surface area contributed by atoms with Gasteiger partial charge in [0.1, 0.15) is 0 Å². The Hall–Kier alpha value is -3.82. The molecule has 0 radical (unpaired) electrons. The van der Waals surface area contributed by atoms with E-state index in [1.807, 2.05) is 97.9 Å². The van der Waals surface area contributed by atoms with Crippen LogP contribution in [-0.4, -0.2) is 48.9 Å². The first-order valence-corrected chi connectivity index (χ1v) is 16.8. The second-order valence-electron chi connectivity index (χ2n) is 9.88. The Morgan fingerprint density at radius 2 is 1.44 bits per heavy atom. The van der Waals surface area contributed by atoms with Gasteiger partial charge >= 0.3 is 240 Å². The molecule has 2 atom stereocenters.